The predicted octanol–water partition coefficient (Wildman–Crippen LogP) is 3.53. The van der Waals surface area contributed by atoms with Gasteiger partial charge in [-0.15, -0.1) is 11.3 Å². The van der Waals surface area contributed by atoms with Gasteiger partial charge in [-0.25, -0.2) is 4.39 Å². The Morgan fingerprint density at radius 3 is 2.79 bits per heavy atom. The number of carbonyl (C=O) groups excluding carboxylic acids is 2. The summed E-state index contributed by atoms with van der Waals surface area (Å²) in [5.41, 5.74) is 2.63. The van der Waals surface area contributed by atoms with E-state index in [-0.39, 0.29) is 23.6 Å². The number of amides is 1. The first-order valence-corrected chi connectivity index (χ1v) is 10.0. The molecule has 0 spiro atoms. The van der Waals surface area contributed by atoms with Crippen LogP contribution in [0.3, 0.4) is 0 Å². The number of thiophene rings is 1. The van der Waals surface area contributed by atoms with Crippen molar-refractivity contribution in [2.75, 3.05) is 6.54 Å². The molecule has 3 aromatic rings. The molecule has 0 aliphatic carbocycles. The average molecular weight is 413 g/mol. The Hall–Kier alpha value is -3.00. The number of benzene rings is 1. The maximum atomic E-state index is 14.2. The number of ether oxygens (including phenoxy) is 1. The number of nitrogens with one attached hydrogen (secondary N) is 1. The minimum Gasteiger partial charge on any atom is -0.487 e. The van der Waals surface area contributed by atoms with Crippen molar-refractivity contribution >= 4 is 23.0 Å². The van der Waals surface area contributed by atoms with Crippen LogP contribution in [0.5, 0.6) is 5.75 Å². The summed E-state index contributed by atoms with van der Waals surface area (Å²) >= 11 is 1.31. The van der Waals surface area contributed by atoms with Gasteiger partial charge in [0, 0.05) is 29.5 Å². The fraction of sp³-hybridized carbons (Fsp3) is 0.286. The minimum atomic E-state index is -0.352. The number of nitrogens with zero attached hydrogens (tertiary/aromatic N) is 2. The van der Waals surface area contributed by atoms with Crippen molar-refractivity contribution in [3.8, 4) is 16.2 Å². The van der Waals surface area contributed by atoms with Crippen LogP contribution < -0.4 is 10.1 Å². The van der Waals surface area contributed by atoms with Crippen LogP contribution in [0.2, 0.25) is 0 Å². The fourth-order valence-electron chi connectivity index (χ4n) is 3.48. The molecule has 1 aliphatic rings. The van der Waals surface area contributed by atoms with Gasteiger partial charge in [-0.3, -0.25) is 14.3 Å². The summed E-state index contributed by atoms with van der Waals surface area (Å²) in [4.78, 5) is 25.4. The second-order valence-corrected chi connectivity index (χ2v) is 8.19. The highest BCUT2D eigenvalue weighted by Gasteiger charge is 2.28. The lowest BCUT2D eigenvalue weighted by Crippen LogP contribution is -2.35. The molecule has 1 aliphatic heterocycles. The zero-order valence-corrected chi connectivity index (χ0v) is 17.1. The van der Waals surface area contributed by atoms with E-state index >= 15 is 0 Å². The molecule has 0 fully saturated rings. The molecule has 29 heavy (non-hydrogen) atoms. The predicted molar refractivity (Wildman–Crippen MR) is 108 cm³/mol. The highest BCUT2D eigenvalue weighted by atomic mass is 32.1. The SMILES string of the molecule is CC(=O)c1ccc(-c2cc(F)cc3c2O[C@H](CNC(=O)c2cc(C)nn2C)C3)s1. The Bertz CT molecular complexity index is 1120. The van der Waals surface area contributed by atoms with Crippen LogP contribution in [0.15, 0.2) is 30.3 Å². The number of Topliss-reactive ketones (excluding diaryl/α,β-unsaturated/α-hetero) is 1. The van der Waals surface area contributed by atoms with E-state index in [1.165, 1.54) is 35.1 Å². The van der Waals surface area contributed by atoms with Gasteiger partial charge in [0.05, 0.1) is 17.1 Å². The van der Waals surface area contributed by atoms with Gasteiger partial charge in [-0.2, -0.15) is 5.10 Å². The number of fused-ring (bicyclic) bond motifs is 1. The maximum absolute atomic E-state index is 14.2. The van der Waals surface area contributed by atoms with E-state index < -0.39 is 0 Å². The van der Waals surface area contributed by atoms with Crippen molar-refractivity contribution in [3.63, 3.8) is 0 Å². The molecule has 4 rings (SSSR count). The lowest BCUT2D eigenvalue weighted by molar-refractivity contribution is 0.0923. The number of carbonyl (C=O) groups is 2. The molecule has 3 heterocycles. The molecule has 1 atom stereocenters. The Kier molecular flexibility index (Phi) is 4.96. The molecule has 0 bridgehead atoms. The molecule has 0 saturated heterocycles. The van der Waals surface area contributed by atoms with Gasteiger partial charge in [0.2, 0.25) is 0 Å². The minimum absolute atomic E-state index is 0.0267. The maximum Gasteiger partial charge on any atom is 0.269 e. The van der Waals surface area contributed by atoms with Gasteiger partial charge in [-0.05, 0) is 44.2 Å². The van der Waals surface area contributed by atoms with Crippen LogP contribution in [0, 0.1) is 12.7 Å². The lowest BCUT2D eigenvalue weighted by Gasteiger charge is -2.13. The molecule has 150 valence electrons. The molecule has 0 radical (unpaired) electrons. The summed E-state index contributed by atoms with van der Waals surface area (Å²) in [6.07, 6.45) is 0.200. The van der Waals surface area contributed by atoms with Gasteiger partial charge in [0.15, 0.2) is 5.78 Å². The standard InChI is InChI=1S/C21H20FN3O3S/c1-11-6-17(25(3)24-11)21(27)23-10-15-8-13-7-14(22)9-16(20(13)28-15)19-5-4-18(29-19)12(2)26/h4-7,9,15H,8,10H2,1-3H3,(H,23,27)/t15-/m0/s1. The number of aryl methyl sites for hydroxylation is 2. The Labute approximate surface area is 171 Å². The van der Waals surface area contributed by atoms with E-state index in [2.05, 4.69) is 10.4 Å². The molecule has 0 unspecified atom stereocenters. The van der Waals surface area contributed by atoms with Gasteiger partial charge in [-0.1, -0.05) is 0 Å². The fourth-order valence-corrected chi connectivity index (χ4v) is 4.40. The van der Waals surface area contributed by atoms with Gasteiger partial charge >= 0.3 is 0 Å². The average Bonchev–Trinajstić information content (AvgIpc) is 3.37. The number of aromatic nitrogens is 2. The zero-order valence-electron chi connectivity index (χ0n) is 16.3. The highest BCUT2D eigenvalue weighted by molar-refractivity contribution is 7.17. The Balaban J connectivity index is 1.51. The number of hydrogen-bond donors (Lipinski definition) is 1. The molecule has 1 amide bonds. The van der Waals surface area contributed by atoms with Crippen molar-refractivity contribution in [3.05, 3.63) is 58.0 Å². The molecule has 8 heteroatoms. The second-order valence-electron chi connectivity index (χ2n) is 7.11. The zero-order chi connectivity index (χ0) is 20.7. The molecule has 1 aromatic carbocycles. The summed E-state index contributed by atoms with van der Waals surface area (Å²) < 4.78 is 21.8. The topological polar surface area (TPSA) is 73.2 Å². The Morgan fingerprint density at radius 1 is 1.34 bits per heavy atom. The first-order valence-electron chi connectivity index (χ1n) is 9.21. The first-order chi connectivity index (χ1) is 13.8. The van der Waals surface area contributed by atoms with E-state index in [0.29, 0.717) is 34.8 Å². The largest absolute Gasteiger partial charge is 0.487 e. The number of halogens is 1. The van der Waals surface area contributed by atoms with Crippen molar-refractivity contribution in [1.82, 2.24) is 15.1 Å². The van der Waals surface area contributed by atoms with Crippen molar-refractivity contribution in [1.29, 1.82) is 0 Å². The molecular weight excluding hydrogens is 393 g/mol. The third-order valence-corrected chi connectivity index (χ3v) is 6.03. The van der Waals surface area contributed by atoms with Crippen molar-refractivity contribution in [2.24, 2.45) is 7.05 Å². The monoisotopic (exact) mass is 413 g/mol. The molecule has 2 aromatic heterocycles. The van der Waals surface area contributed by atoms with Crippen LogP contribution in [-0.4, -0.2) is 34.1 Å². The number of rotatable bonds is 5. The third-order valence-electron chi connectivity index (χ3n) is 4.81. The van der Waals surface area contributed by atoms with Crippen molar-refractivity contribution in [2.45, 2.75) is 26.4 Å². The third kappa shape index (κ3) is 3.80. The molecule has 1 N–H and O–H groups in total. The van der Waals surface area contributed by atoms with Crippen LogP contribution >= 0.6 is 11.3 Å². The summed E-state index contributed by atoms with van der Waals surface area (Å²) in [7, 11) is 1.72. The van der Waals surface area contributed by atoms with E-state index in [0.717, 1.165) is 16.1 Å². The summed E-state index contributed by atoms with van der Waals surface area (Å²) in [6.45, 7) is 3.62. The number of ketones is 1. The summed E-state index contributed by atoms with van der Waals surface area (Å²) in [5, 5.41) is 7.04. The molecule has 0 saturated carbocycles. The Morgan fingerprint density at radius 2 is 2.14 bits per heavy atom. The normalized spacial score (nSPS) is 15.1. The van der Waals surface area contributed by atoms with Crippen LogP contribution in [0.4, 0.5) is 4.39 Å². The van der Waals surface area contributed by atoms with Gasteiger partial charge in [0.1, 0.15) is 23.4 Å². The van der Waals surface area contributed by atoms with Crippen LogP contribution in [0.1, 0.15) is 38.3 Å². The summed E-state index contributed by atoms with van der Waals surface area (Å²) in [6, 6.07) is 8.15. The summed E-state index contributed by atoms with van der Waals surface area (Å²) in [5.74, 6) is -0.00114. The first kappa shape index (κ1) is 19.3. The van der Waals surface area contributed by atoms with Crippen molar-refractivity contribution < 1.29 is 18.7 Å². The van der Waals surface area contributed by atoms with E-state index in [4.69, 9.17) is 4.74 Å². The van der Waals surface area contributed by atoms with Crippen LogP contribution in [-0.2, 0) is 13.5 Å². The van der Waals surface area contributed by atoms with E-state index in [1.807, 2.05) is 6.92 Å². The van der Waals surface area contributed by atoms with E-state index in [9.17, 15) is 14.0 Å². The molecular formula is C21H20FN3O3S. The highest BCUT2D eigenvalue weighted by Crippen LogP contribution is 2.42. The van der Waals surface area contributed by atoms with Crippen LogP contribution in [0.25, 0.3) is 10.4 Å². The smallest absolute Gasteiger partial charge is 0.269 e. The lowest BCUT2D eigenvalue weighted by atomic mass is 10.0. The second kappa shape index (κ2) is 7.44. The van der Waals surface area contributed by atoms with Gasteiger partial charge < -0.3 is 10.1 Å². The quantitative estimate of drug-likeness (QED) is 0.650. The van der Waals surface area contributed by atoms with E-state index in [1.54, 1.807) is 25.2 Å². The number of hydrogen-bond acceptors (Lipinski definition) is 5. The molecule has 6 nitrogen and oxygen atoms in total. The van der Waals surface area contributed by atoms with Gasteiger partial charge in [0.25, 0.3) is 5.91 Å².